The number of aromatic hydroxyl groups is 1. The molecule has 0 saturated heterocycles. The first-order valence-electron chi connectivity index (χ1n) is 5.89. The summed E-state index contributed by atoms with van der Waals surface area (Å²) in [7, 11) is 0. The first-order valence-corrected chi connectivity index (χ1v) is 5.89. The van der Waals surface area contributed by atoms with Crippen molar-refractivity contribution in [1.29, 1.82) is 0 Å². The molecule has 0 saturated carbocycles. The fourth-order valence-electron chi connectivity index (χ4n) is 2.27. The zero-order chi connectivity index (χ0) is 12.5. The van der Waals surface area contributed by atoms with Crippen molar-refractivity contribution in [3.8, 4) is 16.9 Å². The lowest BCUT2D eigenvalue weighted by Gasteiger charge is -2.09. The molecule has 0 aliphatic carbocycles. The van der Waals surface area contributed by atoms with Crippen molar-refractivity contribution < 1.29 is 5.11 Å². The minimum atomic E-state index is 0.296. The molecule has 0 aliphatic heterocycles. The van der Waals surface area contributed by atoms with E-state index in [1.807, 2.05) is 31.3 Å². The van der Waals surface area contributed by atoms with E-state index in [4.69, 9.17) is 0 Å². The summed E-state index contributed by atoms with van der Waals surface area (Å²) in [5.41, 5.74) is 4.25. The first kappa shape index (κ1) is 10.8. The summed E-state index contributed by atoms with van der Waals surface area (Å²) in [5.74, 6) is 0.296. The SMILES string of the molecule is Cc1cc(O)ccc1-c1cccc2cccnc12. The number of hydrogen-bond donors (Lipinski definition) is 1. The summed E-state index contributed by atoms with van der Waals surface area (Å²) in [5, 5.41) is 10.6. The molecule has 1 heterocycles. The zero-order valence-corrected chi connectivity index (χ0v) is 10.1. The number of benzene rings is 2. The average molecular weight is 235 g/mol. The molecule has 0 fully saturated rings. The van der Waals surface area contributed by atoms with Gasteiger partial charge in [-0.3, -0.25) is 4.98 Å². The lowest BCUT2D eigenvalue weighted by Crippen LogP contribution is -1.87. The third kappa shape index (κ3) is 1.72. The lowest BCUT2D eigenvalue weighted by atomic mass is 9.98. The van der Waals surface area contributed by atoms with Gasteiger partial charge in [0.1, 0.15) is 5.75 Å². The number of nitrogens with zero attached hydrogens (tertiary/aromatic N) is 1. The van der Waals surface area contributed by atoms with Gasteiger partial charge >= 0.3 is 0 Å². The van der Waals surface area contributed by atoms with E-state index in [9.17, 15) is 5.11 Å². The van der Waals surface area contributed by atoms with Gasteiger partial charge in [-0.15, -0.1) is 0 Å². The summed E-state index contributed by atoms with van der Waals surface area (Å²) < 4.78 is 0. The van der Waals surface area contributed by atoms with Crippen LogP contribution in [0.5, 0.6) is 5.75 Å². The molecule has 2 nitrogen and oxygen atoms in total. The fraction of sp³-hybridized carbons (Fsp3) is 0.0625. The molecule has 1 aromatic heterocycles. The number of rotatable bonds is 1. The molecule has 0 atom stereocenters. The summed E-state index contributed by atoms with van der Waals surface area (Å²) in [6.45, 7) is 2.00. The molecule has 0 radical (unpaired) electrons. The van der Waals surface area contributed by atoms with E-state index in [1.54, 1.807) is 12.1 Å². The third-order valence-corrected chi connectivity index (χ3v) is 3.13. The number of para-hydroxylation sites is 1. The molecule has 3 rings (SSSR count). The molecule has 0 bridgehead atoms. The summed E-state index contributed by atoms with van der Waals surface area (Å²) in [4.78, 5) is 4.46. The fourth-order valence-corrected chi connectivity index (χ4v) is 2.27. The maximum Gasteiger partial charge on any atom is 0.115 e. The highest BCUT2D eigenvalue weighted by atomic mass is 16.3. The minimum absolute atomic E-state index is 0.296. The van der Waals surface area contributed by atoms with Crippen molar-refractivity contribution in [3.05, 3.63) is 60.3 Å². The van der Waals surface area contributed by atoms with E-state index in [1.165, 1.54) is 0 Å². The number of aromatic nitrogens is 1. The summed E-state index contributed by atoms with van der Waals surface area (Å²) in [6, 6.07) is 15.6. The van der Waals surface area contributed by atoms with Gasteiger partial charge < -0.3 is 5.11 Å². The van der Waals surface area contributed by atoms with Crippen LogP contribution in [0.3, 0.4) is 0 Å². The molecule has 0 aliphatic rings. The van der Waals surface area contributed by atoms with Gasteiger partial charge in [0.05, 0.1) is 5.52 Å². The van der Waals surface area contributed by atoms with Crippen LogP contribution in [0.15, 0.2) is 54.7 Å². The Hall–Kier alpha value is -2.35. The lowest BCUT2D eigenvalue weighted by molar-refractivity contribution is 0.475. The normalized spacial score (nSPS) is 10.7. The molecule has 18 heavy (non-hydrogen) atoms. The van der Waals surface area contributed by atoms with Crippen LogP contribution in [0.2, 0.25) is 0 Å². The Morgan fingerprint density at radius 2 is 1.78 bits per heavy atom. The second-order valence-corrected chi connectivity index (χ2v) is 4.38. The molecule has 0 spiro atoms. The Kier molecular flexibility index (Phi) is 2.49. The van der Waals surface area contributed by atoms with Crippen LogP contribution in [-0.2, 0) is 0 Å². The first-order chi connectivity index (χ1) is 8.75. The monoisotopic (exact) mass is 235 g/mol. The zero-order valence-electron chi connectivity index (χ0n) is 10.1. The maximum absolute atomic E-state index is 9.48. The van der Waals surface area contributed by atoms with Crippen LogP contribution in [0.4, 0.5) is 0 Å². The van der Waals surface area contributed by atoms with Gasteiger partial charge in [-0.05, 0) is 36.2 Å². The van der Waals surface area contributed by atoms with E-state index in [0.717, 1.165) is 27.6 Å². The number of pyridine rings is 1. The Morgan fingerprint density at radius 1 is 0.944 bits per heavy atom. The van der Waals surface area contributed by atoms with Crippen LogP contribution in [0, 0.1) is 6.92 Å². The Bertz CT molecular complexity index is 714. The number of phenols is 1. The van der Waals surface area contributed by atoms with Crippen molar-refractivity contribution in [3.63, 3.8) is 0 Å². The van der Waals surface area contributed by atoms with Gasteiger partial charge in [0.15, 0.2) is 0 Å². The molecular formula is C16H13NO. The Labute approximate surface area is 106 Å². The van der Waals surface area contributed by atoms with E-state index in [0.29, 0.717) is 5.75 Å². The molecule has 88 valence electrons. The maximum atomic E-state index is 9.48. The number of aryl methyl sites for hydroxylation is 1. The molecule has 1 N–H and O–H groups in total. The van der Waals surface area contributed by atoms with Crippen molar-refractivity contribution >= 4 is 10.9 Å². The van der Waals surface area contributed by atoms with Gasteiger partial charge in [0.2, 0.25) is 0 Å². The van der Waals surface area contributed by atoms with Gasteiger partial charge in [-0.2, -0.15) is 0 Å². The quantitative estimate of drug-likeness (QED) is 0.693. The summed E-state index contributed by atoms with van der Waals surface area (Å²) >= 11 is 0. The highest BCUT2D eigenvalue weighted by Crippen LogP contribution is 2.30. The number of phenolic OH excluding ortho intramolecular Hbond substituents is 1. The molecule has 2 aromatic carbocycles. The number of fused-ring (bicyclic) bond motifs is 1. The standard InChI is InChI=1S/C16H13NO/c1-11-10-13(18)7-8-14(11)15-6-2-4-12-5-3-9-17-16(12)15/h2-10,18H,1H3. The van der Waals surface area contributed by atoms with Crippen LogP contribution in [0.25, 0.3) is 22.0 Å². The molecule has 2 heteroatoms. The number of hydrogen-bond acceptors (Lipinski definition) is 2. The van der Waals surface area contributed by atoms with E-state index >= 15 is 0 Å². The van der Waals surface area contributed by atoms with Gasteiger partial charge in [0.25, 0.3) is 0 Å². The van der Waals surface area contributed by atoms with Crippen LogP contribution < -0.4 is 0 Å². The topological polar surface area (TPSA) is 33.1 Å². The second-order valence-electron chi connectivity index (χ2n) is 4.38. The van der Waals surface area contributed by atoms with Crippen LogP contribution in [0.1, 0.15) is 5.56 Å². The largest absolute Gasteiger partial charge is 0.508 e. The average Bonchev–Trinajstić information content (AvgIpc) is 2.38. The third-order valence-electron chi connectivity index (χ3n) is 3.13. The Balaban J connectivity index is 2.31. The molecule has 0 amide bonds. The van der Waals surface area contributed by atoms with Crippen LogP contribution in [-0.4, -0.2) is 10.1 Å². The second kappa shape index (κ2) is 4.15. The minimum Gasteiger partial charge on any atom is -0.508 e. The van der Waals surface area contributed by atoms with E-state index < -0.39 is 0 Å². The highest BCUT2D eigenvalue weighted by Gasteiger charge is 2.07. The van der Waals surface area contributed by atoms with Crippen molar-refractivity contribution in [2.45, 2.75) is 6.92 Å². The van der Waals surface area contributed by atoms with Gasteiger partial charge in [-0.25, -0.2) is 0 Å². The molecule has 0 unspecified atom stereocenters. The molecule has 3 aromatic rings. The van der Waals surface area contributed by atoms with Crippen molar-refractivity contribution in [1.82, 2.24) is 4.98 Å². The Morgan fingerprint density at radius 3 is 2.61 bits per heavy atom. The van der Waals surface area contributed by atoms with Crippen LogP contribution >= 0.6 is 0 Å². The highest BCUT2D eigenvalue weighted by molar-refractivity contribution is 5.94. The van der Waals surface area contributed by atoms with E-state index in [-0.39, 0.29) is 0 Å². The van der Waals surface area contributed by atoms with E-state index in [2.05, 4.69) is 23.2 Å². The predicted octanol–water partition coefficient (Wildman–Crippen LogP) is 3.92. The van der Waals surface area contributed by atoms with Crippen molar-refractivity contribution in [2.75, 3.05) is 0 Å². The van der Waals surface area contributed by atoms with Crippen molar-refractivity contribution in [2.24, 2.45) is 0 Å². The smallest absolute Gasteiger partial charge is 0.115 e. The summed E-state index contributed by atoms with van der Waals surface area (Å²) in [6.07, 6.45) is 1.81. The molecular weight excluding hydrogens is 222 g/mol. The predicted molar refractivity (Wildman–Crippen MR) is 73.6 cm³/mol. The van der Waals surface area contributed by atoms with Gasteiger partial charge in [0, 0.05) is 17.1 Å². The van der Waals surface area contributed by atoms with Gasteiger partial charge in [-0.1, -0.05) is 30.3 Å².